The second-order valence-corrected chi connectivity index (χ2v) is 9.24. The minimum atomic E-state index is -0.484. The van der Waals surface area contributed by atoms with Crippen molar-refractivity contribution in [2.45, 2.75) is 77.7 Å². The van der Waals surface area contributed by atoms with Crippen LogP contribution >= 0.6 is 0 Å². The zero-order chi connectivity index (χ0) is 15.8. The maximum atomic E-state index is 11.8. The predicted octanol–water partition coefficient (Wildman–Crippen LogP) is 4.27. The molecule has 0 aromatic carbocycles. The molecule has 6 atom stereocenters. The van der Waals surface area contributed by atoms with E-state index < -0.39 is 5.60 Å². The summed E-state index contributed by atoms with van der Waals surface area (Å²) < 4.78 is 0. The highest BCUT2D eigenvalue weighted by Gasteiger charge is 2.62. The minimum absolute atomic E-state index is 0.107. The molecule has 4 rings (SSSR count). The van der Waals surface area contributed by atoms with Crippen molar-refractivity contribution < 1.29 is 9.90 Å². The molecule has 0 aliphatic heterocycles. The Labute approximate surface area is 134 Å². The van der Waals surface area contributed by atoms with E-state index in [2.05, 4.69) is 20.8 Å². The van der Waals surface area contributed by atoms with Crippen LogP contribution in [-0.2, 0) is 4.79 Å². The van der Waals surface area contributed by atoms with Gasteiger partial charge in [0.15, 0.2) is 5.78 Å². The molecule has 3 saturated carbocycles. The van der Waals surface area contributed by atoms with E-state index in [1.165, 1.54) is 24.8 Å². The van der Waals surface area contributed by atoms with Gasteiger partial charge in [0, 0.05) is 6.42 Å². The lowest BCUT2D eigenvalue weighted by atomic mass is 9.46. The number of carbonyl (C=O) groups is 1. The number of ketones is 1. The number of hydrogen-bond acceptors (Lipinski definition) is 2. The molecular formula is C20H30O2. The third-order valence-electron chi connectivity index (χ3n) is 8.52. The molecule has 0 spiro atoms. The topological polar surface area (TPSA) is 37.3 Å². The molecule has 2 heteroatoms. The van der Waals surface area contributed by atoms with Crippen molar-refractivity contribution in [1.29, 1.82) is 0 Å². The van der Waals surface area contributed by atoms with Gasteiger partial charge in [0.2, 0.25) is 0 Å². The average molecular weight is 302 g/mol. The molecule has 0 amide bonds. The van der Waals surface area contributed by atoms with Gasteiger partial charge in [0.1, 0.15) is 0 Å². The van der Waals surface area contributed by atoms with Gasteiger partial charge in [0.05, 0.1) is 5.60 Å². The molecule has 0 heterocycles. The Kier molecular flexibility index (Phi) is 3.03. The van der Waals surface area contributed by atoms with Gasteiger partial charge in [-0.25, -0.2) is 0 Å². The fraction of sp³-hybridized carbons (Fsp3) is 0.850. The monoisotopic (exact) mass is 302 g/mol. The lowest BCUT2D eigenvalue weighted by molar-refractivity contribution is -0.124. The number of carbonyl (C=O) groups excluding carboxylic acids is 1. The van der Waals surface area contributed by atoms with E-state index in [9.17, 15) is 9.90 Å². The number of fused-ring (bicyclic) bond motifs is 5. The van der Waals surface area contributed by atoms with Crippen molar-refractivity contribution in [1.82, 2.24) is 0 Å². The van der Waals surface area contributed by atoms with Crippen LogP contribution in [0.4, 0.5) is 0 Å². The van der Waals surface area contributed by atoms with Gasteiger partial charge in [-0.3, -0.25) is 4.79 Å². The van der Waals surface area contributed by atoms with Crippen LogP contribution in [0, 0.1) is 28.6 Å². The first-order valence-electron chi connectivity index (χ1n) is 9.24. The van der Waals surface area contributed by atoms with Crippen LogP contribution in [0.25, 0.3) is 0 Å². The second-order valence-electron chi connectivity index (χ2n) is 9.24. The Morgan fingerprint density at radius 1 is 1.00 bits per heavy atom. The van der Waals surface area contributed by atoms with E-state index in [4.69, 9.17) is 0 Å². The van der Waals surface area contributed by atoms with Gasteiger partial charge < -0.3 is 5.11 Å². The van der Waals surface area contributed by atoms with E-state index in [0.29, 0.717) is 11.7 Å². The van der Waals surface area contributed by atoms with E-state index in [-0.39, 0.29) is 10.8 Å². The molecule has 0 aromatic rings. The van der Waals surface area contributed by atoms with Crippen molar-refractivity contribution >= 4 is 5.78 Å². The molecule has 2 nitrogen and oxygen atoms in total. The summed E-state index contributed by atoms with van der Waals surface area (Å²) in [5.74, 6) is 2.50. The molecular weight excluding hydrogens is 272 g/mol. The van der Waals surface area contributed by atoms with Crippen molar-refractivity contribution in [3.8, 4) is 0 Å². The highest BCUT2D eigenvalue weighted by Crippen LogP contribution is 2.67. The summed E-state index contributed by atoms with van der Waals surface area (Å²) in [6.45, 7) is 6.85. The standard InChI is InChI=1S/C20H30O2/c1-18-9-6-14(21)12-13(18)4-5-15-16(18)7-10-19(2)17(15)8-11-20(19,3)22/h12,15-17,22H,4-11H2,1-3H3/t15-,16-,17-,18+,19+,20?/m1/s1. The normalized spacial score (nSPS) is 54.3. The second kappa shape index (κ2) is 4.47. The highest BCUT2D eigenvalue weighted by molar-refractivity contribution is 5.91. The van der Waals surface area contributed by atoms with E-state index in [1.54, 1.807) is 0 Å². The van der Waals surface area contributed by atoms with E-state index in [1.807, 2.05) is 6.08 Å². The van der Waals surface area contributed by atoms with Gasteiger partial charge in [-0.15, -0.1) is 0 Å². The quantitative estimate of drug-likeness (QED) is 0.725. The molecule has 0 bridgehead atoms. The molecule has 122 valence electrons. The minimum Gasteiger partial charge on any atom is -0.390 e. The van der Waals surface area contributed by atoms with Crippen LogP contribution in [0.3, 0.4) is 0 Å². The third kappa shape index (κ3) is 1.74. The molecule has 22 heavy (non-hydrogen) atoms. The Balaban J connectivity index is 1.70. The number of allylic oxidation sites excluding steroid dienone is 1. The molecule has 0 aromatic heterocycles. The maximum Gasteiger partial charge on any atom is 0.155 e. The summed E-state index contributed by atoms with van der Waals surface area (Å²) >= 11 is 0. The summed E-state index contributed by atoms with van der Waals surface area (Å²) in [5, 5.41) is 10.9. The van der Waals surface area contributed by atoms with E-state index in [0.717, 1.165) is 43.9 Å². The summed E-state index contributed by atoms with van der Waals surface area (Å²) in [4.78, 5) is 11.8. The smallest absolute Gasteiger partial charge is 0.155 e. The van der Waals surface area contributed by atoms with Crippen LogP contribution in [-0.4, -0.2) is 16.5 Å². The SMILES string of the molecule is CC1(O)CC[C@@H]2[C@@H]3CCC4=CC(=O)CC[C@]4(C)[C@@H]3CC[C@@]21C. The number of rotatable bonds is 0. The van der Waals surface area contributed by atoms with E-state index >= 15 is 0 Å². The molecule has 1 N–H and O–H groups in total. The zero-order valence-corrected chi connectivity index (χ0v) is 14.3. The van der Waals surface area contributed by atoms with Crippen LogP contribution in [0.2, 0.25) is 0 Å². The number of hydrogen-bond donors (Lipinski definition) is 1. The lowest BCUT2D eigenvalue weighted by Gasteiger charge is -2.58. The largest absolute Gasteiger partial charge is 0.390 e. The van der Waals surface area contributed by atoms with Gasteiger partial charge in [0.25, 0.3) is 0 Å². The van der Waals surface area contributed by atoms with Crippen LogP contribution in [0.5, 0.6) is 0 Å². The summed E-state index contributed by atoms with van der Waals surface area (Å²) in [5.41, 5.74) is 1.32. The Bertz CT molecular complexity index is 546. The predicted molar refractivity (Wildman–Crippen MR) is 87.3 cm³/mol. The first-order valence-corrected chi connectivity index (χ1v) is 9.24. The average Bonchev–Trinajstić information content (AvgIpc) is 2.70. The van der Waals surface area contributed by atoms with Crippen LogP contribution in [0.1, 0.15) is 72.1 Å². The van der Waals surface area contributed by atoms with Gasteiger partial charge in [-0.2, -0.15) is 0 Å². The van der Waals surface area contributed by atoms with Gasteiger partial charge in [-0.1, -0.05) is 19.4 Å². The maximum absolute atomic E-state index is 11.8. The third-order valence-corrected chi connectivity index (χ3v) is 8.52. The van der Waals surface area contributed by atoms with Crippen molar-refractivity contribution in [3.63, 3.8) is 0 Å². The molecule has 3 fully saturated rings. The summed E-state index contributed by atoms with van der Waals surface area (Å²) in [7, 11) is 0. The molecule has 4 aliphatic carbocycles. The molecule has 4 aliphatic rings. The fourth-order valence-corrected chi connectivity index (χ4v) is 6.80. The van der Waals surface area contributed by atoms with Gasteiger partial charge >= 0.3 is 0 Å². The summed E-state index contributed by atoms with van der Waals surface area (Å²) in [6.07, 6.45) is 10.7. The first-order chi connectivity index (χ1) is 10.3. The van der Waals surface area contributed by atoms with Crippen LogP contribution in [0.15, 0.2) is 11.6 Å². The van der Waals surface area contributed by atoms with Crippen molar-refractivity contribution in [3.05, 3.63) is 11.6 Å². The lowest BCUT2D eigenvalue weighted by Crippen LogP contribution is -2.53. The Hall–Kier alpha value is -0.630. The summed E-state index contributed by atoms with van der Waals surface area (Å²) in [6, 6.07) is 0. The fourth-order valence-electron chi connectivity index (χ4n) is 6.80. The molecule has 0 radical (unpaired) electrons. The Morgan fingerprint density at radius 2 is 1.73 bits per heavy atom. The van der Waals surface area contributed by atoms with Crippen molar-refractivity contribution in [2.24, 2.45) is 28.6 Å². The number of aliphatic hydroxyl groups is 1. The first kappa shape index (κ1) is 14.9. The van der Waals surface area contributed by atoms with Crippen molar-refractivity contribution in [2.75, 3.05) is 0 Å². The Morgan fingerprint density at radius 3 is 2.50 bits per heavy atom. The molecule has 1 unspecified atom stereocenters. The highest BCUT2D eigenvalue weighted by atomic mass is 16.3. The molecule has 0 saturated heterocycles. The van der Waals surface area contributed by atoms with Crippen LogP contribution < -0.4 is 0 Å². The van der Waals surface area contributed by atoms with Gasteiger partial charge in [-0.05, 0) is 86.5 Å². The zero-order valence-electron chi connectivity index (χ0n) is 14.3.